The molecule has 0 aliphatic carbocycles. The van der Waals surface area contributed by atoms with Crippen LogP contribution in [0, 0.1) is 12.7 Å². The first-order chi connectivity index (χ1) is 10.6. The van der Waals surface area contributed by atoms with E-state index in [0.29, 0.717) is 6.54 Å². The van der Waals surface area contributed by atoms with Gasteiger partial charge in [0.15, 0.2) is 0 Å². The van der Waals surface area contributed by atoms with Crippen LogP contribution in [0.5, 0.6) is 0 Å². The van der Waals surface area contributed by atoms with Gasteiger partial charge in [-0.15, -0.1) is 0 Å². The van der Waals surface area contributed by atoms with Crippen LogP contribution in [-0.4, -0.2) is 23.2 Å². The molecule has 3 rings (SSSR count). The number of amides is 1. The zero-order valence-electron chi connectivity index (χ0n) is 12.4. The van der Waals surface area contributed by atoms with Gasteiger partial charge in [-0.1, -0.05) is 42.0 Å². The fourth-order valence-corrected chi connectivity index (χ4v) is 2.45. The summed E-state index contributed by atoms with van der Waals surface area (Å²) < 4.78 is 12.9. The lowest BCUT2D eigenvalue weighted by Gasteiger charge is -2.11. The molecule has 1 amide bonds. The molecule has 112 valence electrons. The van der Waals surface area contributed by atoms with Gasteiger partial charge in [0, 0.05) is 6.42 Å². The molecule has 0 saturated heterocycles. The van der Waals surface area contributed by atoms with Crippen molar-refractivity contribution >= 4 is 11.6 Å². The number of hydrogen-bond donors (Lipinski definition) is 0. The zero-order chi connectivity index (χ0) is 15.5. The van der Waals surface area contributed by atoms with Crippen LogP contribution in [0.1, 0.15) is 23.1 Å². The Hall–Kier alpha value is -2.49. The first kappa shape index (κ1) is 14.4. The van der Waals surface area contributed by atoms with Crippen LogP contribution in [0.15, 0.2) is 53.6 Å². The van der Waals surface area contributed by atoms with Crippen LogP contribution in [-0.2, 0) is 11.2 Å². The molecular formula is C18H17FN2O. The van der Waals surface area contributed by atoms with Gasteiger partial charge in [0.05, 0.1) is 18.7 Å². The summed E-state index contributed by atoms with van der Waals surface area (Å²) in [6, 6.07) is 14.1. The molecule has 22 heavy (non-hydrogen) atoms. The minimum atomic E-state index is -0.294. The van der Waals surface area contributed by atoms with E-state index in [2.05, 4.69) is 5.10 Å². The smallest absolute Gasteiger partial charge is 0.247 e. The molecule has 3 nitrogen and oxygen atoms in total. The van der Waals surface area contributed by atoms with Crippen molar-refractivity contribution < 1.29 is 9.18 Å². The third kappa shape index (κ3) is 3.22. The van der Waals surface area contributed by atoms with Gasteiger partial charge in [-0.25, -0.2) is 9.40 Å². The van der Waals surface area contributed by atoms with Crippen LogP contribution < -0.4 is 0 Å². The second-order valence-electron chi connectivity index (χ2n) is 5.48. The maximum Gasteiger partial charge on any atom is 0.247 e. The number of carbonyl (C=O) groups is 1. The van der Waals surface area contributed by atoms with E-state index in [1.165, 1.54) is 22.7 Å². The second kappa shape index (κ2) is 6.10. The van der Waals surface area contributed by atoms with E-state index in [9.17, 15) is 9.18 Å². The molecular weight excluding hydrogens is 279 g/mol. The normalized spacial score (nSPS) is 14.1. The Kier molecular flexibility index (Phi) is 4.00. The lowest BCUT2D eigenvalue weighted by Crippen LogP contribution is -2.25. The molecule has 0 fully saturated rings. The minimum absolute atomic E-state index is 0.0614. The van der Waals surface area contributed by atoms with Gasteiger partial charge < -0.3 is 0 Å². The molecule has 0 aromatic heterocycles. The van der Waals surface area contributed by atoms with Crippen molar-refractivity contribution in [3.05, 3.63) is 71.0 Å². The van der Waals surface area contributed by atoms with Crippen LogP contribution in [0.25, 0.3) is 0 Å². The summed E-state index contributed by atoms with van der Waals surface area (Å²) in [4.78, 5) is 12.3. The molecule has 0 saturated carbocycles. The van der Waals surface area contributed by atoms with E-state index in [4.69, 9.17) is 0 Å². The van der Waals surface area contributed by atoms with Crippen molar-refractivity contribution in [2.24, 2.45) is 5.10 Å². The van der Waals surface area contributed by atoms with E-state index in [1.807, 2.05) is 31.2 Å². The summed E-state index contributed by atoms with van der Waals surface area (Å²) in [5.74, 6) is -0.356. The summed E-state index contributed by atoms with van der Waals surface area (Å²) >= 11 is 0. The number of hydrogen-bond acceptors (Lipinski definition) is 2. The number of nitrogens with zero attached hydrogens (tertiary/aromatic N) is 2. The van der Waals surface area contributed by atoms with Crippen molar-refractivity contribution in [1.29, 1.82) is 0 Å². The first-order valence-electron chi connectivity index (χ1n) is 7.31. The molecule has 0 radical (unpaired) electrons. The Morgan fingerprint density at radius 1 is 1.14 bits per heavy atom. The number of carbonyl (C=O) groups excluding carboxylic acids is 1. The van der Waals surface area contributed by atoms with E-state index in [-0.39, 0.29) is 18.1 Å². The standard InChI is InChI=1S/C18H17FN2O/c1-13-2-6-15(7-3-13)17-10-11-21(20-17)18(22)12-14-4-8-16(19)9-5-14/h2-9H,10-12H2,1H3. The lowest BCUT2D eigenvalue weighted by molar-refractivity contribution is -0.130. The Morgan fingerprint density at radius 2 is 1.82 bits per heavy atom. The highest BCUT2D eigenvalue weighted by atomic mass is 19.1. The predicted octanol–water partition coefficient (Wildman–Crippen LogP) is 3.31. The summed E-state index contributed by atoms with van der Waals surface area (Å²) in [5, 5.41) is 5.94. The average Bonchev–Trinajstić information content (AvgIpc) is 3.00. The van der Waals surface area contributed by atoms with Crippen LogP contribution in [0.3, 0.4) is 0 Å². The molecule has 0 spiro atoms. The van der Waals surface area contributed by atoms with Crippen molar-refractivity contribution in [3.8, 4) is 0 Å². The molecule has 0 bridgehead atoms. The summed E-state index contributed by atoms with van der Waals surface area (Å²) in [7, 11) is 0. The minimum Gasteiger partial charge on any atom is -0.273 e. The topological polar surface area (TPSA) is 32.7 Å². The fourth-order valence-electron chi connectivity index (χ4n) is 2.45. The predicted molar refractivity (Wildman–Crippen MR) is 84.2 cm³/mol. The van der Waals surface area contributed by atoms with Gasteiger partial charge in [-0.2, -0.15) is 5.10 Å². The maximum absolute atomic E-state index is 12.9. The lowest BCUT2D eigenvalue weighted by atomic mass is 10.1. The van der Waals surface area contributed by atoms with Crippen LogP contribution in [0.2, 0.25) is 0 Å². The van der Waals surface area contributed by atoms with E-state index >= 15 is 0 Å². The molecule has 0 N–H and O–H groups in total. The van der Waals surface area contributed by atoms with Crippen LogP contribution >= 0.6 is 0 Å². The number of hydrazone groups is 1. The van der Waals surface area contributed by atoms with E-state index in [1.54, 1.807) is 12.1 Å². The number of benzene rings is 2. The van der Waals surface area contributed by atoms with Crippen molar-refractivity contribution in [2.45, 2.75) is 19.8 Å². The van der Waals surface area contributed by atoms with Gasteiger partial charge in [-0.3, -0.25) is 4.79 Å². The van der Waals surface area contributed by atoms with Crippen molar-refractivity contribution in [1.82, 2.24) is 5.01 Å². The first-order valence-corrected chi connectivity index (χ1v) is 7.31. The summed E-state index contributed by atoms with van der Waals surface area (Å²) in [6.07, 6.45) is 1.00. The highest BCUT2D eigenvalue weighted by molar-refractivity contribution is 6.02. The monoisotopic (exact) mass is 296 g/mol. The molecule has 1 heterocycles. The Labute approximate surface area is 129 Å². The third-order valence-corrected chi connectivity index (χ3v) is 3.74. The SMILES string of the molecule is Cc1ccc(C2=NN(C(=O)Cc3ccc(F)cc3)CC2)cc1. The number of rotatable bonds is 3. The molecule has 0 atom stereocenters. The van der Waals surface area contributed by atoms with Gasteiger partial charge in [-0.05, 0) is 30.2 Å². The Balaban J connectivity index is 1.69. The van der Waals surface area contributed by atoms with Gasteiger partial charge >= 0.3 is 0 Å². The van der Waals surface area contributed by atoms with Gasteiger partial charge in [0.25, 0.3) is 0 Å². The number of halogens is 1. The number of aryl methyl sites for hydroxylation is 1. The molecule has 0 unspecified atom stereocenters. The van der Waals surface area contributed by atoms with Crippen LogP contribution in [0.4, 0.5) is 4.39 Å². The van der Waals surface area contributed by atoms with E-state index < -0.39 is 0 Å². The molecule has 1 aliphatic rings. The highest BCUT2D eigenvalue weighted by Crippen LogP contribution is 2.16. The van der Waals surface area contributed by atoms with E-state index in [0.717, 1.165) is 23.3 Å². The zero-order valence-corrected chi connectivity index (χ0v) is 12.4. The van der Waals surface area contributed by atoms with Crippen molar-refractivity contribution in [3.63, 3.8) is 0 Å². The third-order valence-electron chi connectivity index (χ3n) is 3.74. The van der Waals surface area contributed by atoms with Gasteiger partial charge in [0.1, 0.15) is 5.82 Å². The Bertz CT molecular complexity index is 705. The van der Waals surface area contributed by atoms with Crippen molar-refractivity contribution in [2.75, 3.05) is 6.54 Å². The summed E-state index contributed by atoms with van der Waals surface area (Å²) in [6.45, 7) is 2.64. The Morgan fingerprint density at radius 3 is 2.50 bits per heavy atom. The molecule has 1 aliphatic heterocycles. The van der Waals surface area contributed by atoms with Gasteiger partial charge in [0.2, 0.25) is 5.91 Å². The quantitative estimate of drug-likeness (QED) is 0.855. The maximum atomic E-state index is 12.9. The molecule has 2 aromatic carbocycles. The average molecular weight is 296 g/mol. The fraction of sp³-hybridized carbons (Fsp3) is 0.222. The second-order valence-corrected chi connectivity index (χ2v) is 5.48. The highest BCUT2D eigenvalue weighted by Gasteiger charge is 2.21. The summed E-state index contributed by atoms with van der Waals surface area (Å²) in [5.41, 5.74) is 3.99. The molecule has 4 heteroatoms. The largest absolute Gasteiger partial charge is 0.273 e. The molecule has 2 aromatic rings.